The van der Waals surface area contributed by atoms with Crippen LogP contribution in [0.2, 0.25) is 0 Å². The maximum atomic E-state index is 13.7. The summed E-state index contributed by atoms with van der Waals surface area (Å²) in [6, 6.07) is 3.77. The lowest BCUT2D eigenvalue weighted by Gasteiger charge is -2.07. The summed E-state index contributed by atoms with van der Waals surface area (Å²) in [5.41, 5.74) is -0.742. The average Bonchev–Trinajstić information content (AvgIpc) is 2.93. The van der Waals surface area contributed by atoms with E-state index in [1.165, 1.54) is 19.2 Å². The number of aryl methyl sites for hydroxylation is 1. The summed E-state index contributed by atoms with van der Waals surface area (Å²) >= 11 is 0. The van der Waals surface area contributed by atoms with Gasteiger partial charge in [-0.05, 0) is 18.6 Å². The summed E-state index contributed by atoms with van der Waals surface area (Å²) in [6.45, 7) is 1.68. The van der Waals surface area contributed by atoms with E-state index in [0.717, 1.165) is 6.07 Å². The van der Waals surface area contributed by atoms with Crippen molar-refractivity contribution in [3.8, 4) is 5.75 Å². The Bertz CT molecular complexity index is 729. The number of amides is 1. The lowest BCUT2D eigenvalue weighted by molar-refractivity contribution is -0.385. The van der Waals surface area contributed by atoms with Crippen LogP contribution in [0, 0.1) is 15.9 Å². The number of halogens is 1. The summed E-state index contributed by atoms with van der Waals surface area (Å²) in [4.78, 5) is 22.5. The van der Waals surface area contributed by atoms with Crippen LogP contribution in [0.1, 0.15) is 23.1 Å². The van der Waals surface area contributed by atoms with Crippen LogP contribution in [-0.4, -0.2) is 28.1 Å². The number of nitrogens with zero attached hydrogens (tertiary/aromatic N) is 2. The molecule has 1 aromatic heterocycles. The fraction of sp³-hybridized carbons (Fsp3) is 0.231. The topological polar surface area (TPSA) is 110 Å². The number of nitrogens with one attached hydrogen (secondary N) is 2. The molecule has 0 aliphatic heterocycles. The second-order valence-electron chi connectivity index (χ2n) is 4.31. The van der Waals surface area contributed by atoms with E-state index in [1.807, 2.05) is 0 Å². The summed E-state index contributed by atoms with van der Waals surface area (Å²) in [5, 5.41) is 19.4. The lowest BCUT2D eigenvalue weighted by Crippen LogP contribution is -2.15. The van der Waals surface area contributed by atoms with Crippen molar-refractivity contribution in [2.45, 2.75) is 13.3 Å². The number of hydrogen-bond acceptors (Lipinski definition) is 5. The van der Waals surface area contributed by atoms with Gasteiger partial charge in [0.25, 0.3) is 5.91 Å². The molecule has 116 valence electrons. The molecule has 0 spiro atoms. The predicted octanol–water partition coefficient (Wildman–Crippen LogP) is 2.28. The van der Waals surface area contributed by atoms with Gasteiger partial charge in [-0.25, -0.2) is 4.39 Å². The Hall–Kier alpha value is -2.97. The summed E-state index contributed by atoms with van der Waals surface area (Å²) in [7, 11) is 1.39. The van der Waals surface area contributed by atoms with Gasteiger partial charge in [-0.2, -0.15) is 5.10 Å². The molecule has 0 unspecified atom stereocenters. The molecule has 0 aliphatic carbocycles. The standard InChI is InChI=1S/C13H13FN4O4/c1-3-9-12(18(20)21)11(17-16-9)13(19)15-10-6-7(22-2)4-5-8(10)14/h4-6H,3H2,1-2H3,(H,15,19)(H,16,17). The van der Waals surface area contributed by atoms with Gasteiger partial charge >= 0.3 is 5.69 Å². The number of benzene rings is 1. The average molecular weight is 308 g/mol. The van der Waals surface area contributed by atoms with Crippen molar-refractivity contribution in [3.05, 3.63) is 45.5 Å². The predicted molar refractivity (Wildman–Crippen MR) is 75.5 cm³/mol. The van der Waals surface area contributed by atoms with Gasteiger partial charge in [-0.15, -0.1) is 0 Å². The molecule has 9 heteroatoms. The molecule has 2 rings (SSSR count). The van der Waals surface area contributed by atoms with E-state index in [9.17, 15) is 19.3 Å². The van der Waals surface area contributed by atoms with Crippen LogP contribution in [0.4, 0.5) is 15.8 Å². The molecule has 2 aromatic rings. The third kappa shape index (κ3) is 2.87. The molecule has 0 atom stereocenters. The van der Waals surface area contributed by atoms with E-state index >= 15 is 0 Å². The Labute approximate surface area is 124 Å². The molecule has 2 N–H and O–H groups in total. The van der Waals surface area contributed by atoms with Gasteiger partial charge in [0.15, 0.2) is 0 Å². The fourth-order valence-corrected chi connectivity index (χ4v) is 1.88. The molecule has 1 aromatic carbocycles. The van der Waals surface area contributed by atoms with Gasteiger partial charge < -0.3 is 10.1 Å². The molecule has 0 radical (unpaired) electrons. The van der Waals surface area contributed by atoms with Crippen molar-refractivity contribution in [1.82, 2.24) is 10.2 Å². The number of anilines is 1. The molecule has 1 amide bonds. The van der Waals surface area contributed by atoms with Crippen LogP contribution in [-0.2, 0) is 6.42 Å². The summed E-state index contributed by atoms with van der Waals surface area (Å²) < 4.78 is 18.6. The Kier molecular flexibility index (Phi) is 4.35. The normalized spacial score (nSPS) is 10.3. The number of carbonyl (C=O) groups is 1. The minimum Gasteiger partial charge on any atom is -0.497 e. The monoisotopic (exact) mass is 308 g/mol. The van der Waals surface area contributed by atoms with Crippen molar-refractivity contribution in [1.29, 1.82) is 0 Å². The largest absolute Gasteiger partial charge is 0.497 e. The van der Waals surface area contributed by atoms with Crippen LogP contribution in [0.25, 0.3) is 0 Å². The molecule has 0 fully saturated rings. The number of aromatic amines is 1. The third-order valence-corrected chi connectivity index (χ3v) is 2.99. The van der Waals surface area contributed by atoms with Crippen LogP contribution in [0.15, 0.2) is 18.2 Å². The Morgan fingerprint density at radius 1 is 1.55 bits per heavy atom. The van der Waals surface area contributed by atoms with E-state index in [4.69, 9.17) is 4.74 Å². The highest BCUT2D eigenvalue weighted by molar-refractivity contribution is 6.06. The minimum absolute atomic E-state index is 0.153. The van der Waals surface area contributed by atoms with Gasteiger partial charge in [-0.3, -0.25) is 20.0 Å². The number of hydrogen-bond donors (Lipinski definition) is 2. The minimum atomic E-state index is -0.880. The van der Waals surface area contributed by atoms with Crippen LogP contribution >= 0.6 is 0 Å². The maximum absolute atomic E-state index is 13.7. The quantitative estimate of drug-likeness (QED) is 0.650. The summed E-state index contributed by atoms with van der Waals surface area (Å²) in [6.07, 6.45) is 0.310. The van der Waals surface area contributed by atoms with E-state index in [0.29, 0.717) is 12.2 Å². The van der Waals surface area contributed by atoms with Crippen molar-refractivity contribution in [2.75, 3.05) is 12.4 Å². The first-order chi connectivity index (χ1) is 10.5. The Balaban J connectivity index is 2.34. The number of nitro groups is 1. The first-order valence-electron chi connectivity index (χ1n) is 6.34. The smallest absolute Gasteiger partial charge is 0.322 e. The molecule has 0 bridgehead atoms. The zero-order valence-electron chi connectivity index (χ0n) is 11.8. The van der Waals surface area contributed by atoms with Crippen LogP contribution in [0.3, 0.4) is 0 Å². The molecule has 0 saturated carbocycles. The van der Waals surface area contributed by atoms with Gasteiger partial charge in [-0.1, -0.05) is 6.92 Å². The molecule has 22 heavy (non-hydrogen) atoms. The highest BCUT2D eigenvalue weighted by Crippen LogP contribution is 2.25. The molecule has 0 saturated heterocycles. The van der Waals surface area contributed by atoms with Crippen molar-refractivity contribution in [2.24, 2.45) is 0 Å². The van der Waals surface area contributed by atoms with Crippen LogP contribution in [0.5, 0.6) is 5.75 Å². The Morgan fingerprint density at radius 3 is 2.86 bits per heavy atom. The summed E-state index contributed by atoms with van der Waals surface area (Å²) in [5.74, 6) is -1.24. The highest BCUT2D eigenvalue weighted by Gasteiger charge is 2.28. The van der Waals surface area contributed by atoms with E-state index in [1.54, 1.807) is 6.92 Å². The number of H-pyrrole nitrogens is 1. The van der Waals surface area contributed by atoms with E-state index < -0.39 is 28.0 Å². The fourth-order valence-electron chi connectivity index (χ4n) is 1.88. The van der Waals surface area contributed by atoms with Crippen molar-refractivity contribution >= 4 is 17.3 Å². The number of aromatic nitrogens is 2. The first kappa shape index (κ1) is 15.4. The molecule has 8 nitrogen and oxygen atoms in total. The second-order valence-corrected chi connectivity index (χ2v) is 4.31. The van der Waals surface area contributed by atoms with Crippen molar-refractivity contribution < 1.29 is 18.8 Å². The number of carbonyl (C=O) groups excluding carboxylic acids is 1. The molecular formula is C13H13FN4O4. The molecule has 1 heterocycles. The van der Waals surface area contributed by atoms with Crippen molar-refractivity contribution in [3.63, 3.8) is 0 Å². The van der Waals surface area contributed by atoms with Crippen LogP contribution < -0.4 is 10.1 Å². The SMILES string of the molecule is CCc1[nH]nc(C(=O)Nc2cc(OC)ccc2F)c1[N+](=O)[O-]. The molecule has 0 aliphatic rings. The van der Waals surface area contributed by atoms with Gasteiger partial charge in [0, 0.05) is 6.07 Å². The van der Waals surface area contributed by atoms with E-state index in [-0.39, 0.29) is 11.4 Å². The number of methoxy groups -OCH3 is 1. The maximum Gasteiger partial charge on any atom is 0.322 e. The second kappa shape index (κ2) is 6.20. The third-order valence-electron chi connectivity index (χ3n) is 2.99. The van der Waals surface area contributed by atoms with Gasteiger partial charge in [0.2, 0.25) is 5.69 Å². The number of rotatable bonds is 5. The van der Waals surface area contributed by atoms with E-state index in [2.05, 4.69) is 15.5 Å². The zero-order chi connectivity index (χ0) is 16.3. The van der Waals surface area contributed by atoms with Gasteiger partial charge in [0.05, 0.1) is 17.7 Å². The first-order valence-corrected chi connectivity index (χ1v) is 6.34. The Morgan fingerprint density at radius 2 is 2.27 bits per heavy atom. The molecular weight excluding hydrogens is 295 g/mol. The lowest BCUT2D eigenvalue weighted by atomic mass is 10.2. The highest BCUT2D eigenvalue weighted by atomic mass is 19.1. The van der Waals surface area contributed by atoms with Gasteiger partial charge in [0.1, 0.15) is 17.3 Å². The number of ether oxygens (including phenoxy) is 1. The zero-order valence-corrected chi connectivity index (χ0v) is 11.8.